The fraction of sp³-hybridized carbons (Fsp3) is 0.194. The van der Waals surface area contributed by atoms with Crippen molar-refractivity contribution < 1.29 is 8.98 Å². The van der Waals surface area contributed by atoms with Gasteiger partial charge in [-0.2, -0.15) is 0 Å². The van der Waals surface area contributed by atoms with E-state index in [-0.39, 0.29) is 5.97 Å². The van der Waals surface area contributed by atoms with Crippen LogP contribution >= 0.6 is 10.3 Å². The van der Waals surface area contributed by atoms with Crippen molar-refractivity contribution in [3.8, 4) is 0 Å². The topological polar surface area (TPSA) is 26.3 Å². The second-order valence-corrected chi connectivity index (χ2v) is 11.7. The average Bonchev–Trinajstić information content (AvgIpc) is 2.79. The number of hydrogen-bond acceptors (Lipinski definition) is 2. The summed E-state index contributed by atoms with van der Waals surface area (Å²) >= 11 is 0. The third kappa shape index (κ3) is 4.41. The minimum absolute atomic E-state index is 0.310. The first kappa shape index (κ1) is 23.8. The molecule has 174 valence electrons. The predicted octanol–water partition coefficient (Wildman–Crippen LogP) is 8.59. The zero-order valence-corrected chi connectivity index (χ0v) is 21.6. The Morgan fingerprint density at radius 3 is 1.29 bits per heavy atom. The number of carbonyl (C=O) groups is 1. The zero-order valence-electron chi connectivity index (χ0n) is 20.8. The highest BCUT2D eigenvalue weighted by atomic mass is 32.3. The van der Waals surface area contributed by atoms with Crippen LogP contribution in [0.5, 0.6) is 0 Å². The highest BCUT2D eigenvalue weighted by Crippen LogP contribution is 2.71. The summed E-state index contributed by atoms with van der Waals surface area (Å²) in [5, 5.41) is 0. The molecule has 0 aliphatic rings. The molecule has 4 aromatic rings. The maximum atomic E-state index is 13.7. The van der Waals surface area contributed by atoms with Crippen molar-refractivity contribution >= 4 is 16.3 Å². The van der Waals surface area contributed by atoms with Gasteiger partial charge in [0.2, 0.25) is 0 Å². The molecule has 0 atom stereocenters. The van der Waals surface area contributed by atoms with Crippen LogP contribution in [-0.4, -0.2) is 5.97 Å². The van der Waals surface area contributed by atoms with Crippen LogP contribution in [0.1, 0.15) is 43.7 Å². The van der Waals surface area contributed by atoms with E-state index in [9.17, 15) is 4.79 Å². The summed E-state index contributed by atoms with van der Waals surface area (Å²) in [5.41, 5.74) is 7.47. The molecule has 3 heteroatoms. The summed E-state index contributed by atoms with van der Waals surface area (Å²) in [7, 11) is -2.37. The van der Waals surface area contributed by atoms with E-state index in [1.165, 1.54) is 16.7 Å². The molecule has 0 aliphatic heterocycles. The largest absolute Gasteiger partial charge is 0.398 e. The van der Waals surface area contributed by atoms with Crippen LogP contribution in [0.3, 0.4) is 0 Å². The highest BCUT2D eigenvalue weighted by Gasteiger charge is 2.39. The van der Waals surface area contributed by atoms with Gasteiger partial charge in [-0.05, 0) is 98.9 Å². The van der Waals surface area contributed by atoms with Gasteiger partial charge >= 0.3 is 5.97 Å². The molecular formula is C31H32O2S. The van der Waals surface area contributed by atoms with Gasteiger partial charge in [-0.25, -0.2) is 4.79 Å². The van der Waals surface area contributed by atoms with Gasteiger partial charge in [-0.15, -0.1) is 0 Å². The summed E-state index contributed by atoms with van der Waals surface area (Å²) in [6.45, 7) is 12.6. The lowest BCUT2D eigenvalue weighted by molar-refractivity contribution is 0.0757. The smallest absolute Gasteiger partial charge is 0.349 e. The molecule has 0 unspecified atom stereocenters. The lowest BCUT2D eigenvalue weighted by atomic mass is 10.1. The van der Waals surface area contributed by atoms with Crippen LogP contribution in [0.25, 0.3) is 0 Å². The molecular weight excluding hydrogens is 436 g/mol. The summed E-state index contributed by atoms with van der Waals surface area (Å²) < 4.78 is 6.79. The fourth-order valence-electron chi connectivity index (χ4n) is 4.59. The van der Waals surface area contributed by atoms with E-state index in [0.717, 1.165) is 31.4 Å². The van der Waals surface area contributed by atoms with E-state index in [1.807, 2.05) is 30.3 Å². The standard InChI is InChI=1S/C31H32O2S/c1-21-12-15-28(24(4)18-21)34(29-16-13-22(2)19-25(29)5,30-17-14-23(3)20-26(30)6)33-31(32)27-10-8-7-9-11-27/h7-20H,1-6H3. The molecule has 0 N–H and O–H groups in total. The van der Waals surface area contributed by atoms with Gasteiger partial charge in [0, 0.05) is 14.7 Å². The minimum Gasteiger partial charge on any atom is -0.398 e. The highest BCUT2D eigenvalue weighted by molar-refractivity contribution is 8.30. The third-order valence-electron chi connectivity index (χ3n) is 6.13. The Bertz CT molecular complexity index is 1230. The van der Waals surface area contributed by atoms with Gasteiger partial charge in [-0.3, -0.25) is 0 Å². The lowest BCUT2D eigenvalue weighted by Crippen LogP contribution is -2.16. The normalized spacial score (nSPS) is 11.8. The molecule has 2 nitrogen and oxygen atoms in total. The van der Waals surface area contributed by atoms with Crippen LogP contribution in [0.4, 0.5) is 0 Å². The molecule has 0 spiro atoms. The van der Waals surface area contributed by atoms with Crippen molar-refractivity contribution in [3.63, 3.8) is 0 Å². The van der Waals surface area contributed by atoms with Gasteiger partial charge < -0.3 is 4.18 Å². The average molecular weight is 469 g/mol. The molecule has 0 amide bonds. The number of carbonyl (C=O) groups excluding carboxylic acids is 1. The van der Waals surface area contributed by atoms with Gasteiger partial charge in [-0.1, -0.05) is 71.3 Å². The van der Waals surface area contributed by atoms with Crippen LogP contribution in [0.2, 0.25) is 0 Å². The number of hydrogen-bond donors (Lipinski definition) is 0. The summed E-state index contributed by atoms with van der Waals surface area (Å²) in [6.07, 6.45) is 0. The second kappa shape index (κ2) is 9.52. The van der Waals surface area contributed by atoms with Gasteiger partial charge in [0.1, 0.15) is 0 Å². The van der Waals surface area contributed by atoms with Gasteiger partial charge in [0.05, 0.1) is 5.56 Å². The van der Waals surface area contributed by atoms with E-state index < -0.39 is 10.3 Å². The first-order chi connectivity index (χ1) is 16.2. The van der Waals surface area contributed by atoms with Crippen LogP contribution in [0.15, 0.2) is 99.6 Å². The van der Waals surface area contributed by atoms with Crippen molar-refractivity contribution in [2.45, 2.75) is 56.2 Å². The predicted molar refractivity (Wildman–Crippen MR) is 142 cm³/mol. The Morgan fingerprint density at radius 2 is 0.941 bits per heavy atom. The molecule has 0 saturated carbocycles. The van der Waals surface area contributed by atoms with E-state index in [4.69, 9.17) is 4.18 Å². The SMILES string of the molecule is Cc1ccc(S(OC(=O)c2ccccc2)(c2ccc(C)cc2C)c2ccc(C)cc2C)c(C)c1. The molecule has 0 heterocycles. The molecule has 0 aliphatic carbocycles. The Labute approximate surface area is 205 Å². The maximum Gasteiger partial charge on any atom is 0.349 e. The molecule has 0 bridgehead atoms. The van der Waals surface area contributed by atoms with Crippen LogP contribution in [0, 0.1) is 41.5 Å². The molecule has 0 aromatic heterocycles. The zero-order chi connectivity index (χ0) is 24.5. The Kier molecular flexibility index (Phi) is 6.67. The molecule has 4 aromatic carbocycles. The van der Waals surface area contributed by atoms with Gasteiger partial charge in [0.25, 0.3) is 0 Å². The van der Waals surface area contributed by atoms with E-state index >= 15 is 0 Å². The second-order valence-electron chi connectivity index (χ2n) is 9.10. The van der Waals surface area contributed by atoms with E-state index in [2.05, 4.69) is 96.1 Å². The minimum atomic E-state index is -2.37. The summed E-state index contributed by atoms with van der Waals surface area (Å²) in [5.74, 6) is -0.310. The molecule has 4 rings (SSSR count). The van der Waals surface area contributed by atoms with Crippen molar-refractivity contribution in [2.24, 2.45) is 0 Å². The first-order valence-electron chi connectivity index (χ1n) is 11.6. The Morgan fingerprint density at radius 1 is 0.559 bits per heavy atom. The quantitative estimate of drug-likeness (QED) is 0.293. The van der Waals surface area contributed by atoms with Crippen LogP contribution < -0.4 is 0 Å². The molecule has 0 radical (unpaired) electrons. The van der Waals surface area contributed by atoms with Crippen molar-refractivity contribution in [1.82, 2.24) is 0 Å². The van der Waals surface area contributed by atoms with Crippen molar-refractivity contribution in [2.75, 3.05) is 0 Å². The third-order valence-corrected chi connectivity index (χ3v) is 9.76. The van der Waals surface area contributed by atoms with Crippen LogP contribution in [-0.2, 0) is 4.18 Å². The Balaban J connectivity index is 2.11. The van der Waals surface area contributed by atoms with E-state index in [1.54, 1.807) is 0 Å². The molecule has 0 saturated heterocycles. The number of rotatable bonds is 5. The number of aryl methyl sites for hydroxylation is 6. The fourth-order valence-corrected chi connectivity index (χ4v) is 8.21. The lowest BCUT2D eigenvalue weighted by Gasteiger charge is -2.42. The summed E-state index contributed by atoms with van der Waals surface area (Å²) in [6, 6.07) is 28.6. The Hall–Kier alpha value is -3.30. The number of benzene rings is 4. The molecule has 0 fully saturated rings. The monoisotopic (exact) mass is 468 g/mol. The van der Waals surface area contributed by atoms with Crippen molar-refractivity contribution in [3.05, 3.63) is 124 Å². The maximum absolute atomic E-state index is 13.7. The van der Waals surface area contributed by atoms with Gasteiger partial charge in [0.15, 0.2) is 0 Å². The molecule has 34 heavy (non-hydrogen) atoms. The first-order valence-corrected chi connectivity index (χ1v) is 13.1. The summed E-state index contributed by atoms with van der Waals surface area (Å²) in [4.78, 5) is 16.9. The van der Waals surface area contributed by atoms with Crippen molar-refractivity contribution in [1.29, 1.82) is 0 Å². The van der Waals surface area contributed by atoms with E-state index in [0.29, 0.717) is 5.56 Å².